The van der Waals surface area contributed by atoms with Crippen LogP contribution in [-0.4, -0.2) is 31.3 Å². The quantitative estimate of drug-likeness (QED) is 0.383. The monoisotopic (exact) mass is 404 g/mol. The van der Waals surface area contributed by atoms with Crippen molar-refractivity contribution in [2.24, 2.45) is 0 Å². The molecule has 1 saturated heterocycles. The van der Waals surface area contributed by atoms with E-state index in [0.717, 1.165) is 51.8 Å². The van der Waals surface area contributed by atoms with Crippen molar-refractivity contribution in [1.29, 1.82) is 0 Å². The van der Waals surface area contributed by atoms with E-state index in [1.165, 1.54) is 0 Å². The van der Waals surface area contributed by atoms with Gasteiger partial charge in [-0.05, 0) is 35.9 Å². The minimum absolute atomic E-state index is 0.0671. The number of nitrogens with one attached hydrogen (secondary N) is 3. The van der Waals surface area contributed by atoms with E-state index >= 15 is 0 Å². The number of aromatic nitrogens is 5. The lowest BCUT2D eigenvalue weighted by Crippen LogP contribution is -2.24. The van der Waals surface area contributed by atoms with E-state index < -0.39 is 0 Å². The highest BCUT2D eigenvalue weighted by molar-refractivity contribution is 6.35. The van der Waals surface area contributed by atoms with Gasteiger partial charge in [0.1, 0.15) is 0 Å². The summed E-state index contributed by atoms with van der Waals surface area (Å²) in [7, 11) is 0. The second kappa shape index (κ2) is 6.37. The Morgan fingerprint density at radius 2 is 2.07 bits per heavy atom. The average Bonchev–Trinajstić information content (AvgIpc) is 3.38. The summed E-state index contributed by atoms with van der Waals surface area (Å²) in [6, 6.07) is 12.0. The lowest BCUT2D eigenvalue weighted by Gasteiger charge is -2.26. The van der Waals surface area contributed by atoms with E-state index in [9.17, 15) is 0 Å². The molecule has 0 amide bonds. The van der Waals surface area contributed by atoms with Gasteiger partial charge in [0, 0.05) is 41.0 Å². The SMILES string of the molecule is Clc1cc(Nc2nc3cc(-c4cnn(C5CCO5)c4)ccc3[nH]2)cc2[nH]ccc12. The summed E-state index contributed by atoms with van der Waals surface area (Å²) in [4.78, 5) is 11.2. The maximum absolute atomic E-state index is 6.37. The first-order chi connectivity index (χ1) is 14.2. The van der Waals surface area contributed by atoms with Gasteiger partial charge in [0.15, 0.2) is 6.23 Å². The molecule has 0 aliphatic carbocycles. The van der Waals surface area contributed by atoms with Crippen LogP contribution in [0.25, 0.3) is 33.1 Å². The third kappa shape index (κ3) is 2.86. The van der Waals surface area contributed by atoms with Crippen LogP contribution in [0.2, 0.25) is 5.02 Å². The summed E-state index contributed by atoms with van der Waals surface area (Å²) in [5.74, 6) is 0.665. The zero-order valence-electron chi connectivity index (χ0n) is 15.3. The van der Waals surface area contributed by atoms with E-state index in [1.807, 2.05) is 47.5 Å². The fourth-order valence-electron chi connectivity index (χ4n) is 3.65. The molecule has 5 aromatic rings. The second-order valence-corrected chi connectivity index (χ2v) is 7.57. The molecule has 1 aliphatic heterocycles. The summed E-state index contributed by atoms with van der Waals surface area (Å²) in [6.45, 7) is 0.802. The van der Waals surface area contributed by atoms with Crippen LogP contribution in [-0.2, 0) is 4.74 Å². The van der Waals surface area contributed by atoms with Gasteiger partial charge in [0.2, 0.25) is 5.95 Å². The van der Waals surface area contributed by atoms with Crippen LogP contribution >= 0.6 is 11.6 Å². The zero-order chi connectivity index (χ0) is 19.4. The standard InChI is InChI=1S/C21H17ClN6O/c22-16-8-14(9-18-15(16)3-5-23-18)25-21-26-17-2-1-12(7-19(17)27-21)13-10-24-28(11-13)20-4-6-29-20/h1-3,5,7-11,20,23H,4,6H2,(H2,25,26,27). The fraction of sp³-hybridized carbons (Fsp3) is 0.143. The van der Waals surface area contributed by atoms with Crippen LogP contribution in [0, 0.1) is 0 Å². The van der Waals surface area contributed by atoms with Crippen molar-refractivity contribution in [2.45, 2.75) is 12.6 Å². The van der Waals surface area contributed by atoms with Crippen LogP contribution in [0.4, 0.5) is 11.6 Å². The molecule has 2 aromatic carbocycles. The van der Waals surface area contributed by atoms with Crippen molar-refractivity contribution in [3.63, 3.8) is 0 Å². The molecule has 3 aromatic heterocycles. The van der Waals surface area contributed by atoms with Gasteiger partial charge in [-0.15, -0.1) is 0 Å². The maximum Gasteiger partial charge on any atom is 0.205 e. The Hall–Kier alpha value is -3.29. The predicted molar refractivity (Wildman–Crippen MR) is 114 cm³/mol. The number of hydrogen-bond acceptors (Lipinski definition) is 4. The van der Waals surface area contributed by atoms with Crippen LogP contribution in [0.5, 0.6) is 0 Å². The molecule has 29 heavy (non-hydrogen) atoms. The average molecular weight is 405 g/mol. The van der Waals surface area contributed by atoms with Gasteiger partial charge in [-0.25, -0.2) is 9.67 Å². The number of ether oxygens (including phenoxy) is 1. The molecule has 8 heteroatoms. The number of benzene rings is 2. The largest absolute Gasteiger partial charge is 0.361 e. The fourth-order valence-corrected chi connectivity index (χ4v) is 3.93. The Balaban J connectivity index is 1.30. The minimum Gasteiger partial charge on any atom is -0.361 e. The van der Waals surface area contributed by atoms with Gasteiger partial charge in [-0.2, -0.15) is 5.10 Å². The topological polar surface area (TPSA) is 83.5 Å². The zero-order valence-corrected chi connectivity index (χ0v) is 16.1. The maximum atomic E-state index is 6.37. The highest BCUT2D eigenvalue weighted by Gasteiger charge is 2.21. The highest BCUT2D eigenvalue weighted by Crippen LogP contribution is 2.30. The number of aromatic amines is 2. The van der Waals surface area contributed by atoms with Gasteiger partial charge in [0.25, 0.3) is 0 Å². The van der Waals surface area contributed by atoms with Gasteiger partial charge in [-0.3, -0.25) is 0 Å². The Morgan fingerprint density at radius 1 is 1.14 bits per heavy atom. The Bertz CT molecular complexity index is 1350. The number of imidazole rings is 1. The van der Waals surface area contributed by atoms with Crippen molar-refractivity contribution in [1.82, 2.24) is 24.7 Å². The summed E-state index contributed by atoms with van der Waals surface area (Å²) < 4.78 is 7.37. The van der Waals surface area contributed by atoms with E-state index in [1.54, 1.807) is 0 Å². The third-order valence-corrected chi connectivity index (χ3v) is 5.58. The van der Waals surface area contributed by atoms with Gasteiger partial charge < -0.3 is 20.0 Å². The molecule has 1 atom stereocenters. The number of rotatable bonds is 4. The van der Waals surface area contributed by atoms with Crippen molar-refractivity contribution in [3.8, 4) is 11.1 Å². The summed E-state index contributed by atoms with van der Waals surface area (Å²) in [5, 5.41) is 9.42. The number of anilines is 2. The first-order valence-corrected chi connectivity index (χ1v) is 9.80. The van der Waals surface area contributed by atoms with E-state index in [0.29, 0.717) is 11.0 Å². The highest BCUT2D eigenvalue weighted by atomic mass is 35.5. The Labute approximate surface area is 170 Å². The summed E-state index contributed by atoms with van der Waals surface area (Å²) in [6.07, 6.45) is 6.83. The number of nitrogens with zero attached hydrogens (tertiary/aromatic N) is 3. The number of hydrogen-bond donors (Lipinski definition) is 3. The van der Waals surface area contributed by atoms with Crippen LogP contribution < -0.4 is 5.32 Å². The molecule has 0 bridgehead atoms. The summed E-state index contributed by atoms with van der Waals surface area (Å²) >= 11 is 6.37. The minimum atomic E-state index is 0.0671. The van der Waals surface area contributed by atoms with Gasteiger partial charge in [0.05, 0.1) is 28.9 Å². The summed E-state index contributed by atoms with van der Waals surface area (Å²) in [5.41, 5.74) is 5.79. The Morgan fingerprint density at radius 3 is 2.93 bits per heavy atom. The van der Waals surface area contributed by atoms with Crippen LogP contribution in [0.1, 0.15) is 12.6 Å². The first-order valence-electron chi connectivity index (χ1n) is 9.42. The van der Waals surface area contributed by atoms with Crippen LogP contribution in [0.15, 0.2) is 55.0 Å². The molecule has 4 heterocycles. The van der Waals surface area contributed by atoms with E-state index in [2.05, 4.69) is 37.5 Å². The van der Waals surface area contributed by atoms with Gasteiger partial charge >= 0.3 is 0 Å². The third-order valence-electron chi connectivity index (χ3n) is 5.27. The molecular formula is C21H17ClN6O. The normalized spacial score (nSPS) is 16.4. The van der Waals surface area contributed by atoms with Crippen LogP contribution in [0.3, 0.4) is 0 Å². The lowest BCUT2D eigenvalue weighted by atomic mass is 10.1. The molecule has 1 fully saturated rings. The molecular weight excluding hydrogens is 388 g/mol. The number of fused-ring (bicyclic) bond motifs is 2. The van der Waals surface area contributed by atoms with Crippen molar-refractivity contribution in [3.05, 3.63) is 60.0 Å². The molecule has 0 spiro atoms. The molecule has 1 unspecified atom stereocenters. The lowest BCUT2D eigenvalue weighted by molar-refractivity contribution is -0.106. The molecule has 6 rings (SSSR count). The van der Waals surface area contributed by atoms with Gasteiger partial charge in [-0.1, -0.05) is 17.7 Å². The predicted octanol–water partition coefficient (Wildman–Crippen LogP) is 5.22. The van der Waals surface area contributed by atoms with Crippen molar-refractivity contribution in [2.75, 3.05) is 11.9 Å². The number of halogens is 1. The molecule has 144 valence electrons. The Kier molecular flexibility index (Phi) is 3.65. The smallest absolute Gasteiger partial charge is 0.205 e. The number of H-pyrrole nitrogens is 2. The van der Waals surface area contributed by atoms with Crippen molar-refractivity contribution >= 4 is 45.2 Å². The molecule has 3 N–H and O–H groups in total. The van der Waals surface area contributed by atoms with E-state index in [-0.39, 0.29) is 6.23 Å². The molecule has 7 nitrogen and oxygen atoms in total. The molecule has 0 saturated carbocycles. The first kappa shape index (κ1) is 16.6. The van der Waals surface area contributed by atoms with E-state index in [4.69, 9.17) is 16.3 Å². The van der Waals surface area contributed by atoms with Crippen molar-refractivity contribution < 1.29 is 4.74 Å². The molecule has 0 radical (unpaired) electrons. The second-order valence-electron chi connectivity index (χ2n) is 7.16. The molecule has 1 aliphatic rings.